The van der Waals surface area contributed by atoms with Crippen LogP contribution in [0.4, 0.5) is 0 Å². The third-order valence-electron chi connectivity index (χ3n) is 20.3. The van der Waals surface area contributed by atoms with E-state index in [1.54, 1.807) is 12.1 Å². The van der Waals surface area contributed by atoms with E-state index < -0.39 is 258 Å². The van der Waals surface area contributed by atoms with E-state index in [1.807, 2.05) is 0 Å². The first-order chi connectivity index (χ1) is 65.9. The lowest BCUT2D eigenvalue weighted by Crippen LogP contribution is -2.62. The average Bonchev–Trinajstić information content (AvgIpc) is 0.843. The van der Waals surface area contributed by atoms with Gasteiger partial charge in [0.15, 0.2) is 29.8 Å². The number of aliphatic hydroxyl groups excluding tert-OH is 1. The molecule has 0 saturated carbocycles. The fourth-order valence-electron chi connectivity index (χ4n) is 12.8. The molecule has 780 valence electrons. The van der Waals surface area contributed by atoms with E-state index in [4.69, 9.17) is 67.2 Å². The van der Waals surface area contributed by atoms with Crippen LogP contribution in [0, 0.1) is 38.9 Å². The summed E-state index contributed by atoms with van der Waals surface area (Å²) in [6.07, 6.45) is -2.15. The summed E-state index contributed by atoms with van der Waals surface area (Å²) >= 11 is 9.35. The maximum absolute atomic E-state index is 14.9. The summed E-state index contributed by atoms with van der Waals surface area (Å²) in [5.41, 5.74) is 39.7. The molecule has 2 rings (SSSR count). The number of carboxylic acids is 1. The van der Waals surface area contributed by atoms with Crippen molar-refractivity contribution in [2.24, 2.45) is 52.0 Å². The second-order valence-corrected chi connectivity index (χ2v) is 34.5. The van der Waals surface area contributed by atoms with E-state index in [9.17, 15) is 107 Å². The molecule has 0 bridgehead atoms. The Balaban J connectivity index is 2.52. The highest BCUT2D eigenvalue weighted by Gasteiger charge is 2.39. The number of aromatic hydroxyl groups is 2. The van der Waals surface area contributed by atoms with Gasteiger partial charge in [-0.15, -0.1) is 11.8 Å². The van der Waals surface area contributed by atoms with Crippen LogP contribution in [-0.2, 0) is 99.1 Å². The summed E-state index contributed by atoms with van der Waals surface area (Å²) in [5.74, 6) is -24.1. The molecule has 44 N–H and O–H groups in total. The number of carboxylic acid groups (broad SMARTS) is 1. The van der Waals surface area contributed by atoms with Crippen LogP contribution in [0.15, 0.2) is 48.5 Å². The fraction of sp³-hybridized carbons (Fsp3) is 0.573. The minimum Gasteiger partial charge on any atom is -0.508 e. The number of aliphatic hydroxyl groups is 1. The van der Waals surface area contributed by atoms with Crippen LogP contribution < -0.4 is 152 Å². The normalized spacial score (nSPS) is 14.1. The van der Waals surface area contributed by atoms with Crippen LogP contribution >= 0.6 is 37.0 Å². The van der Waals surface area contributed by atoms with Crippen LogP contribution in [-0.4, -0.2) is 316 Å². The zero-order valence-corrected chi connectivity index (χ0v) is 81.0. The number of hydrogen-bond donors (Lipinski definition) is 39. The molecule has 0 aliphatic heterocycles. The van der Waals surface area contributed by atoms with Crippen molar-refractivity contribution in [3.8, 4) is 11.5 Å². The first-order valence-electron chi connectivity index (χ1n) is 44.3. The number of rotatable bonds is 66. The summed E-state index contributed by atoms with van der Waals surface area (Å²) in [6, 6.07) is -12.5. The van der Waals surface area contributed by atoms with Gasteiger partial charge in [0.05, 0.1) is 31.5 Å². The minimum atomic E-state index is -1.87. The molecule has 2 aromatic rings. The first kappa shape index (κ1) is 122. The third kappa shape index (κ3) is 49.2. The average molecular weight is 2030 g/mol. The summed E-state index contributed by atoms with van der Waals surface area (Å²) in [4.78, 5) is 249. The molecule has 58 heteroatoms. The van der Waals surface area contributed by atoms with Gasteiger partial charge in [-0.3, -0.25) is 109 Å². The Bertz CT molecular complexity index is 4570. The maximum Gasteiger partial charge on any atom is 0.326 e. The molecule has 0 fully saturated rings. The number of carbonyl (C=O) groups excluding carboxylic acids is 17. The van der Waals surface area contributed by atoms with Crippen LogP contribution in [0.1, 0.15) is 123 Å². The van der Waals surface area contributed by atoms with Gasteiger partial charge >= 0.3 is 5.97 Å². The number of thioether (sulfide) groups is 1. The maximum atomic E-state index is 14.9. The van der Waals surface area contributed by atoms with E-state index >= 15 is 0 Å². The van der Waals surface area contributed by atoms with E-state index in [0.717, 1.165) is 11.8 Å². The van der Waals surface area contributed by atoms with E-state index in [-0.39, 0.29) is 145 Å². The number of phenolic OH excluding ortho intramolecular Hbond substituents is 2. The Labute approximate surface area is 822 Å². The van der Waals surface area contributed by atoms with Gasteiger partial charge in [0.25, 0.3) is 0 Å². The van der Waals surface area contributed by atoms with Crippen LogP contribution in [0.5, 0.6) is 11.5 Å². The molecule has 0 aliphatic carbocycles. The van der Waals surface area contributed by atoms with Crippen molar-refractivity contribution >= 4 is 173 Å². The number of primary amides is 1. The number of thiol groups is 2. The van der Waals surface area contributed by atoms with Gasteiger partial charge in [0, 0.05) is 63.3 Å². The number of benzene rings is 2. The van der Waals surface area contributed by atoms with Crippen molar-refractivity contribution in [2.75, 3.05) is 69.0 Å². The molecular formula is C82H137N33O22S3. The number of nitrogens with one attached hydrogen (secondary N) is 26. The van der Waals surface area contributed by atoms with Gasteiger partial charge in [-0.25, -0.2) is 4.79 Å². The Morgan fingerprint density at radius 2 is 0.664 bits per heavy atom. The summed E-state index contributed by atoms with van der Waals surface area (Å²) in [5, 5.41) is 130. The number of hydrogen-bond acceptors (Lipinski definition) is 30. The SMILES string of the molecule is CC(=O)NCSC[C@H](NC(=O)[C@H](CCCNC(=N)N)NC(=O)[C@@H](NC(=O)[C@H](Cc1ccc(O)cc1)NC(=O)[C@H](CCCNC(=N)N)NC(=O)[C@H](C)NC(=O)CNC(=O)[C@H](CC(N)=O)NC(=O)[C@@H](NC(=O)[C@H](CCCNC(=N)N)NC(=O)[C@H](CS)NC(=O)[C@@H](N)Cc1ccc(O)cc1)C(C)C)C(C)C)C(=O)N[C@@H](CS)C(=O)N[C@@H](CO)C(=O)N[C@@H](CCCNC(=N)N)C(=O)N[C@@H](CCCNC(=N)N)C(=O)O. The highest BCUT2D eigenvalue weighted by Crippen LogP contribution is 2.17. The van der Waals surface area contributed by atoms with Crippen molar-refractivity contribution in [3.05, 3.63) is 59.7 Å². The van der Waals surface area contributed by atoms with E-state index in [1.165, 1.54) is 77.9 Å². The van der Waals surface area contributed by atoms with E-state index in [0.29, 0.717) is 11.1 Å². The number of phenols is 2. The second-order valence-electron chi connectivity index (χ2n) is 32.7. The fourth-order valence-corrected chi connectivity index (χ4v) is 14.2. The Morgan fingerprint density at radius 3 is 1.04 bits per heavy atom. The van der Waals surface area contributed by atoms with Gasteiger partial charge < -0.3 is 172 Å². The topological polar surface area (TPSA) is 942 Å². The highest BCUT2D eigenvalue weighted by atomic mass is 32.2. The van der Waals surface area contributed by atoms with Crippen LogP contribution in [0.25, 0.3) is 0 Å². The number of carbonyl (C=O) groups is 18. The predicted octanol–water partition coefficient (Wildman–Crippen LogP) is -11.6. The zero-order chi connectivity index (χ0) is 106. The standard InChI is InChI=1S/C82H137N33O22S3/c1-39(2)61(75(134)106-50(14-9-27-97-80(89)90)68(127)113-58(37-140-38-101-42(6)117)74(133)112-57(36-139)73(132)110-55(34-116)71(130)104-49(13-8-26-96-79(87)88)66(125)107-52(77(136)137)16-11-29-99-82(93)94)115-70(129)53(31-44-19-23-46(119)24-20-44)108-67(126)48(12-7-25-95-78(85)86)103-63(122)41(5)102-60(121)33-100-65(124)54(32-59(84)120)109-76(135)62(40(3)4)114-69(128)51(15-10-28-98-81(91)92)105-72(131)56(35-138)111-64(123)47(83)30-43-17-21-45(118)22-18-43/h17-24,39-41,47-58,61-62,116,118-119,138-139H,7-16,25-38,83H2,1-6H3,(H2,84,120)(H,100,124)(H,101,117)(H,102,121)(H,103,122)(H,104,130)(H,105,131)(H,106,134)(H,107,125)(H,108,126)(H,109,135)(H,110,132)(H,111,123)(H,112,133)(H,113,127)(H,114,128)(H,115,129)(H,136,137)(H4,85,86,95)(H4,87,88,96)(H4,89,90,97)(H4,91,92,98)(H4,93,94,99)/t41-,47-,48-,49-,50-,51-,52-,53-,54-,55-,56-,57-,58-,61-,62-/m0/s1. The van der Waals surface area contributed by atoms with Gasteiger partial charge in [-0.2, -0.15) is 25.3 Å². The van der Waals surface area contributed by atoms with E-state index in [2.05, 4.69) is 137 Å². The minimum absolute atomic E-state index is 0.000752. The summed E-state index contributed by atoms with van der Waals surface area (Å²) < 4.78 is 0. The number of aliphatic carboxylic acids is 1. The summed E-state index contributed by atoms with van der Waals surface area (Å²) in [7, 11) is 0. The third-order valence-corrected chi connectivity index (χ3v) is 22.0. The molecule has 0 unspecified atom stereocenters. The molecule has 17 amide bonds. The molecule has 0 heterocycles. The van der Waals surface area contributed by atoms with Crippen molar-refractivity contribution in [1.29, 1.82) is 27.0 Å². The second kappa shape index (κ2) is 64.8. The number of nitrogens with two attached hydrogens (primary N) is 7. The van der Waals surface area contributed by atoms with Crippen molar-refractivity contribution in [3.63, 3.8) is 0 Å². The molecule has 2 aromatic carbocycles. The van der Waals surface area contributed by atoms with Gasteiger partial charge in [0.1, 0.15) is 96.1 Å². The highest BCUT2D eigenvalue weighted by molar-refractivity contribution is 7.99. The van der Waals surface area contributed by atoms with Crippen LogP contribution in [0.2, 0.25) is 0 Å². The quantitative estimate of drug-likeness (QED) is 0.00961. The Kier molecular flexibility index (Phi) is 56.4. The van der Waals surface area contributed by atoms with Crippen LogP contribution in [0.3, 0.4) is 0 Å². The lowest BCUT2D eigenvalue weighted by atomic mass is 9.99. The number of amides is 17. The Hall–Kier alpha value is -14.2. The molecular weight excluding hydrogens is 1900 g/mol. The molecule has 0 aliphatic rings. The largest absolute Gasteiger partial charge is 0.508 e. The lowest BCUT2D eigenvalue weighted by Gasteiger charge is -2.29. The van der Waals surface area contributed by atoms with Crippen molar-refractivity contribution in [2.45, 2.75) is 216 Å². The molecule has 140 heavy (non-hydrogen) atoms. The smallest absolute Gasteiger partial charge is 0.326 e. The molecule has 0 spiro atoms. The summed E-state index contributed by atoms with van der Waals surface area (Å²) in [6.45, 7) is 6.28. The molecule has 0 aromatic heterocycles. The molecule has 15 atom stereocenters. The van der Waals surface area contributed by atoms with Crippen molar-refractivity contribution in [1.82, 2.24) is 112 Å². The lowest BCUT2D eigenvalue weighted by molar-refractivity contribution is -0.142. The monoisotopic (exact) mass is 2030 g/mol. The van der Waals surface area contributed by atoms with Gasteiger partial charge in [-0.1, -0.05) is 52.0 Å². The molecule has 0 radical (unpaired) electrons. The number of guanidine groups is 5. The zero-order valence-electron chi connectivity index (χ0n) is 78.4. The molecule has 55 nitrogen and oxygen atoms in total. The van der Waals surface area contributed by atoms with Gasteiger partial charge in [0.2, 0.25) is 100 Å². The molecule has 0 saturated heterocycles. The van der Waals surface area contributed by atoms with Crippen molar-refractivity contribution < 1.29 is 107 Å². The van der Waals surface area contributed by atoms with Gasteiger partial charge in [-0.05, 0) is 125 Å². The Morgan fingerprint density at radius 1 is 0.357 bits per heavy atom. The predicted molar refractivity (Wildman–Crippen MR) is 520 cm³/mol. The first-order valence-corrected chi connectivity index (χ1v) is 46.7.